The van der Waals surface area contributed by atoms with E-state index >= 15 is 0 Å². The molecule has 0 radical (unpaired) electrons. The van der Waals surface area contributed by atoms with E-state index in [1.54, 1.807) is 4.90 Å². The third kappa shape index (κ3) is 5.75. The van der Waals surface area contributed by atoms with Crippen molar-refractivity contribution in [2.45, 2.75) is 66.0 Å². The van der Waals surface area contributed by atoms with Gasteiger partial charge < -0.3 is 15.0 Å². The van der Waals surface area contributed by atoms with E-state index in [0.29, 0.717) is 18.8 Å². The van der Waals surface area contributed by atoms with Gasteiger partial charge in [0.1, 0.15) is 5.60 Å². The summed E-state index contributed by atoms with van der Waals surface area (Å²) >= 11 is 0. The molecule has 174 valence electrons. The summed E-state index contributed by atoms with van der Waals surface area (Å²) < 4.78 is 5.44. The summed E-state index contributed by atoms with van der Waals surface area (Å²) in [6.07, 6.45) is 6.51. The number of likely N-dealkylation sites (tertiary alicyclic amines) is 1. The number of amides is 2. The van der Waals surface area contributed by atoms with Crippen molar-refractivity contribution in [1.29, 1.82) is 0 Å². The number of dihydropyridines is 1. The van der Waals surface area contributed by atoms with Crippen LogP contribution < -0.4 is 5.32 Å². The molecule has 1 aliphatic carbocycles. The number of fused-ring (bicyclic) bond motifs is 1. The molecule has 0 aromatic heterocycles. The predicted molar refractivity (Wildman–Crippen MR) is 128 cm³/mol. The molecule has 1 saturated carbocycles. The fraction of sp³-hybridized carbons (Fsp3) is 0.600. The summed E-state index contributed by atoms with van der Waals surface area (Å²) in [5.41, 5.74) is 2.13. The first-order chi connectivity index (χ1) is 14.8. The van der Waals surface area contributed by atoms with E-state index in [2.05, 4.69) is 28.0 Å². The van der Waals surface area contributed by atoms with Crippen LogP contribution in [0.25, 0.3) is 0 Å². The molecule has 32 heavy (non-hydrogen) atoms. The monoisotopic (exact) mass is 440 g/mol. The molecule has 0 spiro atoms. The molecular weight excluding hydrogens is 404 g/mol. The zero-order valence-electron chi connectivity index (χ0n) is 20.4. The third-order valence-electron chi connectivity index (χ3n) is 6.00. The molecule has 0 bridgehead atoms. The lowest BCUT2D eigenvalue weighted by atomic mass is 10.0. The van der Waals surface area contributed by atoms with E-state index in [9.17, 15) is 9.59 Å². The van der Waals surface area contributed by atoms with Gasteiger partial charge >= 0.3 is 6.09 Å². The second-order valence-electron chi connectivity index (χ2n) is 10.5. The van der Waals surface area contributed by atoms with E-state index < -0.39 is 11.1 Å². The zero-order valence-corrected chi connectivity index (χ0v) is 20.4. The average molecular weight is 441 g/mol. The number of carbonyl (C=O) groups is 2. The van der Waals surface area contributed by atoms with Crippen LogP contribution >= 0.6 is 0 Å². The third-order valence-corrected chi connectivity index (χ3v) is 6.00. The van der Waals surface area contributed by atoms with Crippen LogP contribution in [0.15, 0.2) is 46.2 Å². The molecule has 1 N–H and O–H groups in total. The van der Waals surface area contributed by atoms with Crippen molar-refractivity contribution < 1.29 is 14.3 Å². The van der Waals surface area contributed by atoms with Gasteiger partial charge in [0.15, 0.2) is 0 Å². The van der Waals surface area contributed by atoms with Crippen molar-refractivity contribution in [2.75, 3.05) is 13.1 Å². The van der Waals surface area contributed by atoms with Gasteiger partial charge in [0.05, 0.1) is 11.2 Å². The number of aliphatic imine (C=N–C) groups is 2. The van der Waals surface area contributed by atoms with Gasteiger partial charge in [-0.2, -0.15) is 0 Å². The van der Waals surface area contributed by atoms with Gasteiger partial charge in [-0.3, -0.25) is 14.8 Å². The first-order valence-corrected chi connectivity index (χ1v) is 11.2. The summed E-state index contributed by atoms with van der Waals surface area (Å²) in [5, 5.41) is 3.11. The van der Waals surface area contributed by atoms with E-state index in [1.165, 1.54) is 0 Å². The summed E-state index contributed by atoms with van der Waals surface area (Å²) in [5.74, 6) is 0.321. The Kier molecular flexibility index (Phi) is 6.50. The molecule has 3 rings (SSSR count). The normalized spacial score (nSPS) is 26.5. The zero-order chi connectivity index (χ0) is 23.8. The van der Waals surface area contributed by atoms with Crippen molar-refractivity contribution in [3.63, 3.8) is 0 Å². The lowest BCUT2D eigenvalue weighted by Gasteiger charge is -2.28. The van der Waals surface area contributed by atoms with Crippen LogP contribution in [-0.4, -0.2) is 52.6 Å². The SMILES string of the molecule is C=C(N=C(C)/C=C1\CC=CC(C)=N1)C(C)(C)NC(=O)C1[C@H]2CN(C(=O)OC(C)(C)C)C[C@@H]12. The quantitative estimate of drug-likeness (QED) is 0.648. The van der Waals surface area contributed by atoms with Crippen molar-refractivity contribution in [1.82, 2.24) is 10.2 Å². The highest BCUT2D eigenvalue weighted by atomic mass is 16.6. The molecule has 2 fully saturated rings. The van der Waals surface area contributed by atoms with Crippen molar-refractivity contribution >= 4 is 23.4 Å². The molecule has 0 aromatic carbocycles. The number of ether oxygens (including phenoxy) is 1. The number of hydrogen-bond acceptors (Lipinski definition) is 5. The van der Waals surface area contributed by atoms with Crippen molar-refractivity contribution in [3.8, 4) is 0 Å². The Labute approximate surface area is 191 Å². The van der Waals surface area contributed by atoms with Crippen LogP contribution in [0.3, 0.4) is 0 Å². The average Bonchev–Trinajstić information content (AvgIpc) is 3.14. The number of nitrogens with one attached hydrogen (secondary N) is 1. The second kappa shape index (κ2) is 8.68. The van der Waals surface area contributed by atoms with Crippen LogP contribution in [0.1, 0.15) is 54.9 Å². The van der Waals surface area contributed by atoms with E-state index in [-0.39, 0.29) is 29.8 Å². The van der Waals surface area contributed by atoms with Gasteiger partial charge in [-0.15, -0.1) is 0 Å². The summed E-state index contributed by atoms with van der Waals surface area (Å²) in [6.45, 7) is 18.5. The fourth-order valence-electron chi connectivity index (χ4n) is 4.23. The summed E-state index contributed by atoms with van der Waals surface area (Å²) in [4.78, 5) is 36.0. The van der Waals surface area contributed by atoms with Crippen LogP contribution in [0.2, 0.25) is 0 Å². The maximum Gasteiger partial charge on any atom is 0.410 e. The Morgan fingerprint density at radius 1 is 1.25 bits per heavy atom. The van der Waals surface area contributed by atoms with Gasteiger partial charge in [0.2, 0.25) is 5.91 Å². The Bertz CT molecular complexity index is 921. The number of carbonyl (C=O) groups excluding carboxylic acids is 2. The second-order valence-corrected chi connectivity index (χ2v) is 10.5. The minimum absolute atomic E-state index is 0.00108. The number of piperidine rings is 1. The van der Waals surface area contributed by atoms with E-state index in [4.69, 9.17) is 4.74 Å². The Balaban J connectivity index is 1.53. The molecule has 0 aromatic rings. The highest BCUT2D eigenvalue weighted by molar-refractivity contribution is 5.97. The molecule has 2 heterocycles. The molecule has 3 atom stereocenters. The number of rotatable bonds is 5. The smallest absolute Gasteiger partial charge is 0.410 e. The van der Waals surface area contributed by atoms with Crippen molar-refractivity contribution in [2.24, 2.45) is 27.7 Å². The highest BCUT2D eigenvalue weighted by Gasteiger charge is 2.61. The molecule has 3 aliphatic rings. The lowest BCUT2D eigenvalue weighted by Crippen LogP contribution is -2.46. The molecule has 7 heteroatoms. The minimum Gasteiger partial charge on any atom is -0.444 e. The predicted octanol–water partition coefficient (Wildman–Crippen LogP) is 4.27. The van der Waals surface area contributed by atoms with Crippen LogP contribution in [0.4, 0.5) is 4.79 Å². The van der Waals surface area contributed by atoms with Gasteiger partial charge in [0.25, 0.3) is 0 Å². The maximum atomic E-state index is 12.9. The number of allylic oxidation sites excluding steroid dienone is 3. The van der Waals surface area contributed by atoms with Crippen molar-refractivity contribution in [3.05, 3.63) is 36.2 Å². The molecule has 7 nitrogen and oxygen atoms in total. The fourth-order valence-corrected chi connectivity index (χ4v) is 4.23. The van der Waals surface area contributed by atoms with Gasteiger partial charge in [0, 0.05) is 42.5 Å². The highest BCUT2D eigenvalue weighted by Crippen LogP contribution is 2.52. The summed E-state index contributed by atoms with van der Waals surface area (Å²) in [6, 6.07) is 0. The Morgan fingerprint density at radius 3 is 2.44 bits per heavy atom. The first-order valence-electron chi connectivity index (χ1n) is 11.2. The molecule has 1 unspecified atom stereocenters. The Hall–Kier alpha value is -2.70. The van der Waals surface area contributed by atoms with Gasteiger partial charge in [-0.05, 0) is 72.5 Å². The lowest BCUT2D eigenvalue weighted by molar-refractivity contribution is -0.124. The molecule has 2 amide bonds. The molecule has 2 aliphatic heterocycles. The van der Waals surface area contributed by atoms with E-state index in [0.717, 1.165) is 23.5 Å². The number of nitrogens with zero attached hydrogens (tertiary/aromatic N) is 3. The van der Waals surface area contributed by atoms with Crippen LogP contribution in [0, 0.1) is 17.8 Å². The standard InChI is InChI=1S/C25H36N4O3/c1-15-10-9-11-18(27-15)12-16(2)26-17(3)25(7,8)28-22(30)21-19-13-29(14-20(19)21)23(31)32-24(4,5)6/h9-10,12,19-21H,3,11,13-14H2,1-2,4-8H3,(H,28,30)/b18-12+,26-16?/t19-,20+,21?. The topological polar surface area (TPSA) is 83.4 Å². The van der Waals surface area contributed by atoms with Gasteiger partial charge in [-0.1, -0.05) is 12.7 Å². The largest absolute Gasteiger partial charge is 0.444 e. The van der Waals surface area contributed by atoms with Gasteiger partial charge in [-0.25, -0.2) is 4.79 Å². The number of hydrogen-bond donors (Lipinski definition) is 1. The minimum atomic E-state index is -0.676. The maximum absolute atomic E-state index is 12.9. The molecular formula is C25H36N4O3. The Morgan fingerprint density at radius 2 is 1.88 bits per heavy atom. The van der Waals surface area contributed by atoms with Crippen LogP contribution in [0.5, 0.6) is 0 Å². The van der Waals surface area contributed by atoms with Crippen LogP contribution in [-0.2, 0) is 9.53 Å². The first kappa shape index (κ1) is 24.0. The van der Waals surface area contributed by atoms with E-state index in [1.807, 2.05) is 60.6 Å². The summed E-state index contributed by atoms with van der Waals surface area (Å²) in [7, 11) is 0. The molecule has 1 saturated heterocycles.